The van der Waals surface area contributed by atoms with Gasteiger partial charge in [-0.2, -0.15) is 0 Å². The summed E-state index contributed by atoms with van der Waals surface area (Å²) in [7, 11) is 0. The molecule has 1 amide bonds. The van der Waals surface area contributed by atoms with Gasteiger partial charge < -0.3 is 20.3 Å². The van der Waals surface area contributed by atoms with Crippen LogP contribution in [0.4, 0.5) is 9.18 Å². The molecule has 164 valence electrons. The number of nitrogens with one attached hydrogen (secondary N) is 1. The van der Waals surface area contributed by atoms with Gasteiger partial charge in [-0.05, 0) is 28.3 Å². The fourth-order valence-electron chi connectivity index (χ4n) is 3.87. The minimum absolute atomic E-state index is 0.0877. The fourth-order valence-corrected chi connectivity index (χ4v) is 3.87. The average molecular weight is 436 g/mol. The lowest BCUT2D eigenvalue weighted by Gasteiger charge is -2.19. The van der Waals surface area contributed by atoms with E-state index in [1.807, 2.05) is 48.5 Å². The number of fused-ring (bicyclic) bond motifs is 3. The van der Waals surface area contributed by atoms with Crippen LogP contribution in [0, 0.1) is 5.82 Å². The normalized spacial score (nSPS) is 14.2. The number of amides is 1. The Kier molecular flexibility index (Phi) is 6.25. The minimum Gasteiger partial charge on any atom is -0.449 e. The highest BCUT2D eigenvalue weighted by molar-refractivity contribution is 5.79. The molecule has 8 heteroatoms. The number of alkyl carbamates (subject to hydrolysis) is 1. The van der Waals surface area contributed by atoms with E-state index in [0.717, 1.165) is 34.5 Å². The molecule has 1 aliphatic rings. The zero-order valence-electron chi connectivity index (χ0n) is 16.9. The Morgan fingerprint density at radius 1 is 1.12 bits per heavy atom. The molecule has 3 aromatic rings. The van der Waals surface area contributed by atoms with Crippen molar-refractivity contribution in [1.82, 2.24) is 10.3 Å². The van der Waals surface area contributed by atoms with Crippen molar-refractivity contribution < 1.29 is 28.9 Å². The Morgan fingerprint density at radius 3 is 2.38 bits per heavy atom. The highest BCUT2D eigenvalue weighted by atomic mass is 19.1. The molecule has 0 aliphatic heterocycles. The maximum atomic E-state index is 13.4. The maximum absolute atomic E-state index is 13.4. The Bertz CT molecular complexity index is 1110. The highest BCUT2D eigenvalue weighted by Gasteiger charge is 2.29. The lowest BCUT2D eigenvalue weighted by molar-refractivity contribution is 0.0160. The van der Waals surface area contributed by atoms with Crippen LogP contribution < -0.4 is 5.32 Å². The van der Waals surface area contributed by atoms with Crippen LogP contribution in [0.15, 0.2) is 60.8 Å². The molecule has 0 radical (unpaired) electrons. The molecule has 1 aromatic heterocycles. The second kappa shape index (κ2) is 9.25. The molecule has 3 N–H and O–H groups in total. The number of carbonyl (C=O) groups excluding carboxylic acids is 2. The van der Waals surface area contributed by atoms with E-state index >= 15 is 0 Å². The number of rotatable bonds is 7. The number of aldehydes is 1. The van der Waals surface area contributed by atoms with Crippen LogP contribution in [0.1, 0.15) is 39.2 Å². The van der Waals surface area contributed by atoms with Gasteiger partial charge in [-0.1, -0.05) is 48.5 Å². The number of carbonyl (C=O) groups is 2. The van der Waals surface area contributed by atoms with Crippen LogP contribution in [-0.4, -0.2) is 46.8 Å². The Morgan fingerprint density at radius 2 is 1.75 bits per heavy atom. The molecule has 2 unspecified atom stereocenters. The summed E-state index contributed by atoms with van der Waals surface area (Å²) in [5.74, 6) is -0.934. The van der Waals surface area contributed by atoms with Gasteiger partial charge in [0.05, 0.1) is 17.5 Å². The molecule has 32 heavy (non-hydrogen) atoms. The standard InChI is InChI=1S/C24H21FN2O5/c25-20-10-26-21(9-14(20)12-28)23(30)22(29)11-27-24(31)32-13-19-17-7-3-1-5-15(17)16-6-2-4-8-18(16)19/h1-10,12,19,22-23,29-30H,11,13H2,(H,27,31). The first-order valence-corrected chi connectivity index (χ1v) is 10.0. The Labute approximate surface area is 183 Å². The van der Waals surface area contributed by atoms with Gasteiger partial charge in [0, 0.05) is 12.5 Å². The monoisotopic (exact) mass is 436 g/mol. The van der Waals surface area contributed by atoms with Gasteiger partial charge in [0.25, 0.3) is 0 Å². The third kappa shape index (κ3) is 4.23. The van der Waals surface area contributed by atoms with Crippen molar-refractivity contribution in [3.05, 3.63) is 89.0 Å². The lowest BCUT2D eigenvalue weighted by Crippen LogP contribution is -2.36. The number of aliphatic hydroxyl groups excluding tert-OH is 2. The van der Waals surface area contributed by atoms with Crippen LogP contribution >= 0.6 is 0 Å². The summed E-state index contributed by atoms with van der Waals surface area (Å²) in [6.45, 7) is -0.214. The van der Waals surface area contributed by atoms with Gasteiger partial charge in [-0.25, -0.2) is 9.18 Å². The minimum atomic E-state index is -1.52. The van der Waals surface area contributed by atoms with E-state index in [1.165, 1.54) is 0 Å². The summed E-state index contributed by atoms with van der Waals surface area (Å²) in [5, 5.41) is 22.7. The summed E-state index contributed by atoms with van der Waals surface area (Å²) < 4.78 is 18.7. The molecule has 1 aliphatic carbocycles. The van der Waals surface area contributed by atoms with Crippen molar-refractivity contribution in [3.63, 3.8) is 0 Å². The Balaban J connectivity index is 1.34. The fraction of sp³-hybridized carbons (Fsp3) is 0.208. The first-order valence-electron chi connectivity index (χ1n) is 10.0. The summed E-state index contributed by atoms with van der Waals surface area (Å²) in [6.07, 6.45) is -2.64. The van der Waals surface area contributed by atoms with Crippen molar-refractivity contribution >= 4 is 12.4 Å². The van der Waals surface area contributed by atoms with Gasteiger partial charge in [-0.15, -0.1) is 0 Å². The average Bonchev–Trinajstić information content (AvgIpc) is 3.14. The van der Waals surface area contributed by atoms with Crippen molar-refractivity contribution in [1.29, 1.82) is 0 Å². The van der Waals surface area contributed by atoms with Crippen molar-refractivity contribution in [2.24, 2.45) is 0 Å². The van der Waals surface area contributed by atoms with Crippen molar-refractivity contribution in [3.8, 4) is 11.1 Å². The van der Waals surface area contributed by atoms with E-state index in [-0.39, 0.29) is 36.6 Å². The topological polar surface area (TPSA) is 109 Å². The summed E-state index contributed by atoms with van der Waals surface area (Å²) in [6, 6.07) is 16.9. The van der Waals surface area contributed by atoms with Crippen LogP contribution in [0.5, 0.6) is 0 Å². The van der Waals surface area contributed by atoms with Crippen LogP contribution in [0.25, 0.3) is 11.1 Å². The van der Waals surface area contributed by atoms with Crippen molar-refractivity contribution in [2.75, 3.05) is 13.2 Å². The van der Waals surface area contributed by atoms with E-state index in [0.29, 0.717) is 0 Å². The van der Waals surface area contributed by atoms with Crippen LogP contribution in [0.2, 0.25) is 0 Å². The molecule has 0 spiro atoms. The maximum Gasteiger partial charge on any atom is 0.407 e. The van der Waals surface area contributed by atoms with Crippen LogP contribution in [0.3, 0.4) is 0 Å². The van der Waals surface area contributed by atoms with Crippen LogP contribution in [-0.2, 0) is 4.74 Å². The molecule has 0 saturated carbocycles. The molecule has 2 aromatic carbocycles. The summed E-state index contributed by atoms with van der Waals surface area (Å²) >= 11 is 0. The molecular formula is C24H21FN2O5. The molecule has 7 nitrogen and oxygen atoms in total. The van der Waals surface area contributed by atoms with E-state index < -0.39 is 24.1 Å². The number of aromatic nitrogens is 1. The largest absolute Gasteiger partial charge is 0.449 e. The number of hydrogen-bond acceptors (Lipinski definition) is 6. The molecule has 0 saturated heterocycles. The highest BCUT2D eigenvalue weighted by Crippen LogP contribution is 2.44. The first kappa shape index (κ1) is 21.6. The summed E-state index contributed by atoms with van der Waals surface area (Å²) in [5.41, 5.74) is 3.99. The lowest BCUT2D eigenvalue weighted by atomic mass is 9.98. The van der Waals surface area contributed by atoms with Crippen molar-refractivity contribution in [2.45, 2.75) is 18.1 Å². The number of halogens is 1. The smallest absolute Gasteiger partial charge is 0.407 e. The van der Waals surface area contributed by atoms with Gasteiger partial charge in [0.15, 0.2) is 12.1 Å². The molecule has 1 heterocycles. The van der Waals surface area contributed by atoms with E-state index in [1.54, 1.807) is 0 Å². The number of benzene rings is 2. The number of nitrogens with zero attached hydrogens (tertiary/aromatic N) is 1. The van der Waals surface area contributed by atoms with Gasteiger partial charge in [0.2, 0.25) is 0 Å². The molecule has 2 atom stereocenters. The SMILES string of the molecule is O=Cc1cc(C(O)C(O)CNC(=O)OCC2c3ccccc3-c3ccccc32)ncc1F. The van der Waals surface area contributed by atoms with E-state index in [4.69, 9.17) is 4.74 Å². The quantitative estimate of drug-likeness (QED) is 0.492. The molecule has 0 fully saturated rings. The number of aliphatic hydroxyl groups is 2. The second-order valence-corrected chi connectivity index (χ2v) is 7.47. The third-order valence-electron chi connectivity index (χ3n) is 5.50. The zero-order valence-corrected chi connectivity index (χ0v) is 16.9. The Hall–Kier alpha value is -3.62. The van der Waals surface area contributed by atoms with E-state index in [2.05, 4.69) is 10.3 Å². The molecule has 4 rings (SSSR count). The predicted octanol–water partition coefficient (Wildman–Crippen LogP) is 2.97. The predicted molar refractivity (Wildman–Crippen MR) is 114 cm³/mol. The van der Waals surface area contributed by atoms with Gasteiger partial charge in [0.1, 0.15) is 18.8 Å². The third-order valence-corrected chi connectivity index (χ3v) is 5.50. The van der Waals surface area contributed by atoms with Gasteiger partial charge >= 0.3 is 6.09 Å². The number of hydrogen-bond donors (Lipinski definition) is 3. The summed E-state index contributed by atoms with van der Waals surface area (Å²) in [4.78, 5) is 26.7. The molecule has 0 bridgehead atoms. The second-order valence-electron chi connectivity index (χ2n) is 7.47. The van der Waals surface area contributed by atoms with E-state index in [9.17, 15) is 24.2 Å². The van der Waals surface area contributed by atoms with Gasteiger partial charge in [-0.3, -0.25) is 9.78 Å². The first-order chi connectivity index (χ1) is 15.5. The number of ether oxygens (including phenoxy) is 1. The molecular weight excluding hydrogens is 415 g/mol. The number of pyridine rings is 1. The zero-order chi connectivity index (χ0) is 22.7.